The summed E-state index contributed by atoms with van der Waals surface area (Å²) in [4.78, 5) is 24.3. The van der Waals surface area contributed by atoms with E-state index in [4.69, 9.17) is 16.3 Å². The van der Waals surface area contributed by atoms with Crippen LogP contribution >= 0.6 is 11.6 Å². The third-order valence-electron chi connectivity index (χ3n) is 5.05. The Bertz CT molecular complexity index is 1250. The lowest BCUT2D eigenvalue weighted by Crippen LogP contribution is -2.38. The highest BCUT2D eigenvalue weighted by Gasteiger charge is 2.29. The third-order valence-corrected chi connectivity index (χ3v) is 8.94. The van der Waals surface area contributed by atoms with Gasteiger partial charge in [0.15, 0.2) is 16.4 Å². The second-order valence-corrected chi connectivity index (χ2v) is 12.3. The lowest BCUT2D eigenvalue weighted by atomic mass is 10.2. The Morgan fingerprint density at radius 2 is 1.88 bits per heavy atom. The molecule has 1 atom stereocenters. The standard InChI is InChI=1S/C21H23ClN2O7S2/c1-24(12-15-5-3-2-4-6-15)33(29,30)17-7-8-19(22)18(11-17)21(26)31-13-20(25)23-16-9-10-32(27,28)14-16/h2-8,11,16H,9-10,12-14H2,1H3,(H,23,25)/t16-/m1/s1. The molecule has 3 rings (SSSR count). The average molecular weight is 515 g/mol. The molecule has 33 heavy (non-hydrogen) atoms. The number of rotatable bonds is 8. The Morgan fingerprint density at radius 1 is 1.18 bits per heavy atom. The lowest BCUT2D eigenvalue weighted by Gasteiger charge is -2.18. The molecule has 0 aromatic heterocycles. The van der Waals surface area contributed by atoms with Crippen molar-refractivity contribution >= 4 is 43.3 Å². The van der Waals surface area contributed by atoms with Crippen molar-refractivity contribution in [3.05, 3.63) is 64.7 Å². The third kappa shape index (κ3) is 6.53. The summed E-state index contributed by atoms with van der Waals surface area (Å²) in [6.07, 6.45) is 0.296. The van der Waals surface area contributed by atoms with Crippen molar-refractivity contribution < 1.29 is 31.2 Å². The Hall–Kier alpha value is -2.47. The van der Waals surface area contributed by atoms with Crippen LogP contribution in [0.4, 0.5) is 0 Å². The van der Waals surface area contributed by atoms with Crippen LogP contribution in [0.1, 0.15) is 22.3 Å². The van der Waals surface area contributed by atoms with E-state index in [-0.39, 0.29) is 33.5 Å². The first-order valence-electron chi connectivity index (χ1n) is 9.95. The van der Waals surface area contributed by atoms with Crippen LogP contribution in [0, 0.1) is 0 Å². The predicted octanol–water partition coefficient (Wildman–Crippen LogP) is 1.62. The maximum atomic E-state index is 13.0. The van der Waals surface area contributed by atoms with Crippen LogP contribution in [-0.2, 0) is 35.9 Å². The van der Waals surface area contributed by atoms with Crippen molar-refractivity contribution in [2.45, 2.75) is 23.9 Å². The SMILES string of the molecule is CN(Cc1ccccc1)S(=O)(=O)c1ccc(Cl)c(C(=O)OCC(=O)N[C@@H]2CCS(=O)(=O)C2)c1. The summed E-state index contributed by atoms with van der Waals surface area (Å²) in [6, 6.07) is 12.1. The minimum absolute atomic E-state index is 0.00662. The van der Waals surface area contributed by atoms with Crippen molar-refractivity contribution in [3.63, 3.8) is 0 Å². The molecule has 9 nitrogen and oxygen atoms in total. The number of sulfone groups is 1. The number of amides is 1. The number of hydrogen-bond donors (Lipinski definition) is 1. The fourth-order valence-corrected chi connectivity index (χ4v) is 6.37. The number of nitrogens with zero attached hydrogens (tertiary/aromatic N) is 1. The van der Waals surface area contributed by atoms with Crippen LogP contribution in [0.3, 0.4) is 0 Å². The van der Waals surface area contributed by atoms with Crippen LogP contribution in [-0.4, -0.2) is 64.2 Å². The summed E-state index contributed by atoms with van der Waals surface area (Å²) in [6.45, 7) is -0.529. The fourth-order valence-electron chi connectivity index (χ4n) is 3.31. The monoisotopic (exact) mass is 514 g/mol. The quantitative estimate of drug-likeness (QED) is 0.530. The van der Waals surface area contributed by atoms with Crippen LogP contribution in [0.25, 0.3) is 0 Å². The van der Waals surface area contributed by atoms with Gasteiger partial charge in [-0.2, -0.15) is 4.31 Å². The van der Waals surface area contributed by atoms with Gasteiger partial charge in [-0.15, -0.1) is 0 Å². The van der Waals surface area contributed by atoms with Crippen LogP contribution in [0.5, 0.6) is 0 Å². The molecule has 1 N–H and O–H groups in total. The molecular formula is C21H23ClN2O7S2. The van der Waals surface area contributed by atoms with Gasteiger partial charge in [-0.1, -0.05) is 41.9 Å². The Balaban J connectivity index is 1.66. The van der Waals surface area contributed by atoms with Gasteiger partial charge in [0.05, 0.1) is 27.0 Å². The number of hydrogen-bond acceptors (Lipinski definition) is 7. The number of ether oxygens (including phenoxy) is 1. The number of halogens is 1. The smallest absolute Gasteiger partial charge is 0.340 e. The zero-order valence-corrected chi connectivity index (χ0v) is 20.1. The zero-order valence-electron chi connectivity index (χ0n) is 17.7. The Morgan fingerprint density at radius 3 is 2.52 bits per heavy atom. The van der Waals surface area contributed by atoms with E-state index in [1.54, 1.807) is 24.3 Å². The molecule has 2 aromatic carbocycles. The number of benzene rings is 2. The average Bonchev–Trinajstić information content (AvgIpc) is 3.10. The first-order chi connectivity index (χ1) is 15.5. The van der Waals surface area contributed by atoms with Crippen molar-refractivity contribution in [1.82, 2.24) is 9.62 Å². The van der Waals surface area contributed by atoms with Gasteiger partial charge < -0.3 is 10.1 Å². The van der Waals surface area contributed by atoms with Gasteiger partial charge in [0, 0.05) is 19.6 Å². The van der Waals surface area contributed by atoms with Crippen molar-refractivity contribution in [3.8, 4) is 0 Å². The molecule has 0 aliphatic carbocycles. The maximum Gasteiger partial charge on any atom is 0.340 e. The Labute approximate surface area is 197 Å². The molecule has 1 saturated heterocycles. The van der Waals surface area contributed by atoms with Gasteiger partial charge in [0.25, 0.3) is 5.91 Å². The number of carbonyl (C=O) groups is 2. The molecule has 1 aliphatic heterocycles. The molecule has 1 aliphatic rings. The van der Waals surface area contributed by atoms with Gasteiger partial charge in [0.2, 0.25) is 10.0 Å². The van der Waals surface area contributed by atoms with Gasteiger partial charge in [-0.3, -0.25) is 4.79 Å². The molecule has 1 amide bonds. The summed E-state index contributed by atoms with van der Waals surface area (Å²) in [5.74, 6) is -1.80. The van der Waals surface area contributed by atoms with Gasteiger partial charge in [-0.05, 0) is 30.2 Å². The highest BCUT2D eigenvalue weighted by atomic mass is 35.5. The summed E-state index contributed by atoms with van der Waals surface area (Å²) in [5, 5.41) is 2.46. The second-order valence-electron chi connectivity index (χ2n) is 7.63. The topological polar surface area (TPSA) is 127 Å². The van der Waals surface area contributed by atoms with Crippen LogP contribution < -0.4 is 5.32 Å². The summed E-state index contributed by atoms with van der Waals surface area (Å²) >= 11 is 6.06. The molecule has 2 aromatic rings. The molecular weight excluding hydrogens is 492 g/mol. The number of nitrogens with one attached hydrogen (secondary N) is 1. The van der Waals surface area contributed by atoms with Crippen LogP contribution in [0.15, 0.2) is 53.4 Å². The fraction of sp³-hybridized carbons (Fsp3) is 0.333. The molecule has 0 radical (unpaired) electrons. The number of sulfonamides is 1. The van der Waals surface area contributed by atoms with E-state index in [2.05, 4.69) is 5.32 Å². The molecule has 178 valence electrons. The first kappa shape index (κ1) is 25.2. The van der Waals surface area contributed by atoms with E-state index >= 15 is 0 Å². The molecule has 0 spiro atoms. The summed E-state index contributed by atoms with van der Waals surface area (Å²) < 4.78 is 55.0. The van der Waals surface area contributed by atoms with Crippen LogP contribution in [0.2, 0.25) is 5.02 Å². The number of carbonyl (C=O) groups excluding carboxylic acids is 2. The maximum absolute atomic E-state index is 13.0. The van der Waals surface area contributed by atoms with Gasteiger partial charge >= 0.3 is 5.97 Å². The predicted molar refractivity (Wildman–Crippen MR) is 122 cm³/mol. The highest BCUT2D eigenvalue weighted by molar-refractivity contribution is 7.91. The van der Waals surface area contributed by atoms with Crippen molar-refractivity contribution in [1.29, 1.82) is 0 Å². The molecule has 0 saturated carbocycles. The number of esters is 1. The summed E-state index contributed by atoms with van der Waals surface area (Å²) in [7, 11) is -5.69. The van der Waals surface area contributed by atoms with E-state index in [0.29, 0.717) is 6.42 Å². The minimum Gasteiger partial charge on any atom is -0.452 e. The summed E-state index contributed by atoms with van der Waals surface area (Å²) in [5.41, 5.74) is 0.584. The van der Waals surface area contributed by atoms with Gasteiger partial charge in [-0.25, -0.2) is 21.6 Å². The normalized spacial score (nSPS) is 17.6. The van der Waals surface area contributed by atoms with E-state index in [9.17, 15) is 26.4 Å². The lowest BCUT2D eigenvalue weighted by molar-refractivity contribution is -0.124. The molecule has 0 bridgehead atoms. The molecule has 12 heteroatoms. The van der Waals surface area contributed by atoms with E-state index in [1.807, 2.05) is 6.07 Å². The van der Waals surface area contributed by atoms with E-state index in [0.717, 1.165) is 15.9 Å². The minimum atomic E-state index is -3.94. The Kier molecular flexibility index (Phi) is 7.78. The van der Waals surface area contributed by atoms with Gasteiger partial charge in [0.1, 0.15) is 0 Å². The second kappa shape index (κ2) is 10.2. The molecule has 0 unspecified atom stereocenters. The van der Waals surface area contributed by atoms with E-state index in [1.165, 1.54) is 19.2 Å². The van der Waals surface area contributed by atoms with E-state index < -0.39 is 44.4 Å². The largest absolute Gasteiger partial charge is 0.452 e. The molecule has 1 heterocycles. The first-order valence-corrected chi connectivity index (χ1v) is 13.6. The van der Waals surface area contributed by atoms with Crippen molar-refractivity contribution in [2.75, 3.05) is 25.2 Å². The highest BCUT2D eigenvalue weighted by Crippen LogP contribution is 2.24. The zero-order chi connectivity index (χ0) is 24.2. The molecule has 1 fully saturated rings. The van der Waals surface area contributed by atoms with Crippen molar-refractivity contribution in [2.24, 2.45) is 0 Å².